The minimum Gasteiger partial charge on any atom is -0.306 e. The first-order chi connectivity index (χ1) is 9.15. The Kier molecular flexibility index (Phi) is 2.75. The molecule has 0 amide bonds. The molecule has 0 saturated carbocycles. The van der Waals surface area contributed by atoms with Crippen molar-refractivity contribution in [3.8, 4) is 0 Å². The molecule has 19 heavy (non-hydrogen) atoms. The molecule has 0 bridgehead atoms. The summed E-state index contributed by atoms with van der Waals surface area (Å²) < 4.78 is 1.80. The van der Waals surface area contributed by atoms with Crippen LogP contribution in [0.1, 0.15) is 16.7 Å². The van der Waals surface area contributed by atoms with E-state index in [1.165, 1.54) is 11.1 Å². The maximum Gasteiger partial charge on any atom is 0.326 e. The van der Waals surface area contributed by atoms with E-state index in [0.717, 1.165) is 16.6 Å². The molecule has 3 rings (SSSR count). The van der Waals surface area contributed by atoms with E-state index in [0.29, 0.717) is 6.54 Å². The Morgan fingerprint density at radius 1 is 1.11 bits per heavy atom. The van der Waals surface area contributed by atoms with E-state index in [1.54, 1.807) is 4.57 Å². The van der Waals surface area contributed by atoms with Gasteiger partial charge in [0.25, 0.3) is 0 Å². The predicted molar refractivity (Wildman–Crippen MR) is 77.6 cm³/mol. The normalized spacial score (nSPS) is 11.1. The number of aromatic amines is 1. The lowest BCUT2D eigenvalue weighted by Crippen LogP contribution is -2.17. The summed E-state index contributed by atoms with van der Waals surface area (Å²) >= 11 is 0. The molecular formula is C16H16N2O. The average Bonchev–Trinajstić information content (AvgIpc) is 2.69. The highest BCUT2D eigenvalue weighted by molar-refractivity contribution is 5.76. The number of nitrogens with one attached hydrogen (secondary N) is 1. The first-order valence-corrected chi connectivity index (χ1v) is 6.39. The lowest BCUT2D eigenvalue weighted by molar-refractivity contribution is 0.782. The van der Waals surface area contributed by atoms with Gasteiger partial charge in [0.15, 0.2) is 0 Å². The zero-order valence-electron chi connectivity index (χ0n) is 11.1. The average molecular weight is 252 g/mol. The number of fused-ring (bicyclic) bond motifs is 1. The highest BCUT2D eigenvalue weighted by Crippen LogP contribution is 2.15. The Morgan fingerprint density at radius 3 is 2.68 bits per heavy atom. The van der Waals surface area contributed by atoms with Gasteiger partial charge in [0.2, 0.25) is 0 Å². The standard InChI is InChI=1S/C16H16N2O/c1-11-7-8-14-15(9-11)18(16(19)17-14)10-13-6-4-3-5-12(13)2/h3-9H,10H2,1-2H3,(H,17,19). The van der Waals surface area contributed by atoms with Crippen molar-refractivity contribution in [2.75, 3.05) is 0 Å². The van der Waals surface area contributed by atoms with Crippen LogP contribution in [0.3, 0.4) is 0 Å². The Hall–Kier alpha value is -2.29. The number of aromatic nitrogens is 2. The number of imidazole rings is 1. The number of hydrogen-bond donors (Lipinski definition) is 1. The summed E-state index contributed by atoms with van der Waals surface area (Å²) in [5.41, 5.74) is 5.34. The maximum atomic E-state index is 12.1. The Bertz CT molecular complexity index is 796. The van der Waals surface area contributed by atoms with Crippen LogP contribution in [0.4, 0.5) is 0 Å². The van der Waals surface area contributed by atoms with Gasteiger partial charge in [-0.05, 0) is 42.7 Å². The second-order valence-electron chi connectivity index (χ2n) is 4.96. The maximum absolute atomic E-state index is 12.1. The molecule has 1 heterocycles. The third kappa shape index (κ3) is 2.08. The molecule has 0 fully saturated rings. The van der Waals surface area contributed by atoms with Crippen molar-refractivity contribution < 1.29 is 0 Å². The number of aryl methyl sites for hydroxylation is 2. The van der Waals surface area contributed by atoms with Crippen molar-refractivity contribution in [2.24, 2.45) is 0 Å². The van der Waals surface area contributed by atoms with Crippen LogP contribution in [0.5, 0.6) is 0 Å². The first-order valence-electron chi connectivity index (χ1n) is 6.39. The van der Waals surface area contributed by atoms with Crippen molar-refractivity contribution in [3.63, 3.8) is 0 Å². The molecule has 3 aromatic rings. The van der Waals surface area contributed by atoms with Crippen LogP contribution in [0.25, 0.3) is 11.0 Å². The molecule has 96 valence electrons. The Labute approximate surface area is 111 Å². The van der Waals surface area contributed by atoms with E-state index in [4.69, 9.17) is 0 Å². The van der Waals surface area contributed by atoms with E-state index < -0.39 is 0 Å². The van der Waals surface area contributed by atoms with Crippen molar-refractivity contribution >= 4 is 11.0 Å². The molecule has 0 unspecified atom stereocenters. The van der Waals surface area contributed by atoms with E-state index in [9.17, 15) is 4.79 Å². The van der Waals surface area contributed by atoms with Gasteiger partial charge in [0.1, 0.15) is 0 Å². The van der Waals surface area contributed by atoms with Crippen molar-refractivity contribution in [3.05, 3.63) is 69.6 Å². The fourth-order valence-electron chi connectivity index (χ4n) is 2.38. The predicted octanol–water partition coefficient (Wildman–Crippen LogP) is 2.99. The Morgan fingerprint density at radius 2 is 1.89 bits per heavy atom. The van der Waals surface area contributed by atoms with Gasteiger partial charge < -0.3 is 4.98 Å². The molecule has 0 aliphatic carbocycles. The molecule has 3 nitrogen and oxygen atoms in total. The SMILES string of the molecule is Cc1ccc2[nH]c(=O)n(Cc3ccccc3C)c2c1. The zero-order chi connectivity index (χ0) is 13.4. The molecule has 0 radical (unpaired) electrons. The number of benzene rings is 2. The van der Waals surface area contributed by atoms with E-state index in [-0.39, 0.29) is 5.69 Å². The molecule has 1 aromatic heterocycles. The molecule has 0 aliphatic rings. The highest BCUT2D eigenvalue weighted by atomic mass is 16.1. The molecule has 1 N–H and O–H groups in total. The molecule has 0 atom stereocenters. The van der Waals surface area contributed by atoms with Gasteiger partial charge in [0, 0.05) is 0 Å². The van der Waals surface area contributed by atoms with Gasteiger partial charge in [-0.2, -0.15) is 0 Å². The van der Waals surface area contributed by atoms with Crippen LogP contribution >= 0.6 is 0 Å². The quantitative estimate of drug-likeness (QED) is 0.748. The second-order valence-corrected chi connectivity index (χ2v) is 4.96. The smallest absolute Gasteiger partial charge is 0.306 e. The molecule has 0 spiro atoms. The molecule has 0 saturated heterocycles. The van der Waals surface area contributed by atoms with Crippen molar-refractivity contribution in [2.45, 2.75) is 20.4 Å². The summed E-state index contributed by atoms with van der Waals surface area (Å²) in [5, 5.41) is 0. The van der Waals surface area contributed by atoms with Crippen LogP contribution in [0.2, 0.25) is 0 Å². The second kappa shape index (κ2) is 4.43. The number of rotatable bonds is 2. The number of hydrogen-bond acceptors (Lipinski definition) is 1. The summed E-state index contributed by atoms with van der Waals surface area (Å²) in [6.45, 7) is 4.71. The summed E-state index contributed by atoms with van der Waals surface area (Å²) in [7, 11) is 0. The van der Waals surface area contributed by atoms with Crippen LogP contribution in [0.15, 0.2) is 47.3 Å². The summed E-state index contributed by atoms with van der Waals surface area (Å²) in [5.74, 6) is 0. The van der Waals surface area contributed by atoms with Gasteiger partial charge in [-0.25, -0.2) is 4.79 Å². The fourth-order valence-corrected chi connectivity index (χ4v) is 2.38. The van der Waals surface area contributed by atoms with E-state index in [1.807, 2.05) is 37.3 Å². The van der Waals surface area contributed by atoms with Crippen LogP contribution in [-0.4, -0.2) is 9.55 Å². The number of nitrogens with zero attached hydrogens (tertiary/aromatic N) is 1. The fraction of sp³-hybridized carbons (Fsp3) is 0.188. The lowest BCUT2D eigenvalue weighted by atomic mass is 10.1. The van der Waals surface area contributed by atoms with Crippen LogP contribution in [-0.2, 0) is 6.54 Å². The van der Waals surface area contributed by atoms with Gasteiger partial charge in [-0.1, -0.05) is 30.3 Å². The van der Waals surface area contributed by atoms with Gasteiger partial charge in [-0.3, -0.25) is 4.57 Å². The van der Waals surface area contributed by atoms with Gasteiger partial charge >= 0.3 is 5.69 Å². The number of H-pyrrole nitrogens is 1. The highest BCUT2D eigenvalue weighted by Gasteiger charge is 2.08. The first kappa shape index (κ1) is 11.8. The molecular weight excluding hydrogens is 236 g/mol. The van der Waals surface area contributed by atoms with Crippen molar-refractivity contribution in [1.29, 1.82) is 0 Å². The summed E-state index contributed by atoms with van der Waals surface area (Å²) in [6, 6.07) is 14.2. The van der Waals surface area contributed by atoms with Gasteiger partial charge in [-0.15, -0.1) is 0 Å². The molecule has 0 aliphatic heterocycles. The minimum atomic E-state index is -0.0520. The van der Waals surface area contributed by atoms with Crippen molar-refractivity contribution in [1.82, 2.24) is 9.55 Å². The molecule has 2 aromatic carbocycles. The topological polar surface area (TPSA) is 37.8 Å². The van der Waals surface area contributed by atoms with Gasteiger partial charge in [0.05, 0.1) is 17.6 Å². The lowest BCUT2D eigenvalue weighted by Gasteiger charge is -2.07. The largest absolute Gasteiger partial charge is 0.326 e. The zero-order valence-corrected chi connectivity index (χ0v) is 11.1. The summed E-state index contributed by atoms with van der Waals surface area (Å²) in [4.78, 5) is 15.0. The Balaban J connectivity index is 2.15. The third-order valence-corrected chi connectivity index (χ3v) is 3.52. The van der Waals surface area contributed by atoms with Crippen LogP contribution < -0.4 is 5.69 Å². The van der Waals surface area contributed by atoms with E-state index in [2.05, 4.69) is 24.0 Å². The minimum absolute atomic E-state index is 0.0520. The van der Waals surface area contributed by atoms with Crippen LogP contribution in [0, 0.1) is 13.8 Å². The van der Waals surface area contributed by atoms with E-state index >= 15 is 0 Å². The summed E-state index contributed by atoms with van der Waals surface area (Å²) in [6.07, 6.45) is 0. The molecule has 3 heteroatoms. The third-order valence-electron chi connectivity index (χ3n) is 3.52. The monoisotopic (exact) mass is 252 g/mol.